The maximum absolute atomic E-state index is 13.4. The van der Waals surface area contributed by atoms with E-state index >= 15 is 0 Å². The molecule has 11 N–H and O–H groups in total. The van der Waals surface area contributed by atoms with E-state index in [1.807, 2.05) is 13.8 Å². The molecule has 45 heavy (non-hydrogen) atoms. The molecule has 1 aromatic rings. The third-order valence-corrected chi connectivity index (χ3v) is 6.88. The smallest absolute Gasteiger partial charge is 0.325 e. The Morgan fingerprint density at radius 1 is 0.689 bits per heavy atom. The van der Waals surface area contributed by atoms with Gasteiger partial charge in [-0.1, -0.05) is 26.0 Å². The van der Waals surface area contributed by atoms with Gasteiger partial charge >= 0.3 is 5.97 Å². The van der Waals surface area contributed by atoms with Crippen molar-refractivity contribution in [3.8, 4) is 5.75 Å². The predicted molar refractivity (Wildman–Crippen MR) is 166 cm³/mol. The molecule has 0 radical (unpaired) electrons. The van der Waals surface area contributed by atoms with E-state index in [4.69, 9.17) is 11.5 Å². The van der Waals surface area contributed by atoms with Crippen LogP contribution in [0.4, 0.5) is 0 Å². The fourth-order valence-corrected chi connectivity index (χ4v) is 4.19. The number of hydrogen-bond donors (Lipinski definition) is 9. The van der Waals surface area contributed by atoms with Gasteiger partial charge in [-0.3, -0.25) is 28.8 Å². The van der Waals surface area contributed by atoms with Crippen LogP contribution < -0.4 is 38.1 Å². The van der Waals surface area contributed by atoms with Crippen LogP contribution in [0, 0.1) is 5.92 Å². The van der Waals surface area contributed by atoms with E-state index in [1.54, 1.807) is 12.1 Å². The minimum Gasteiger partial charge on any atom is -0.508 e. The molecule has 0 aliphatic carbocycles. The van der Waals surface area contributed by atoms with Crippen molar-refractivity contribution in [2.45, 2.75) is 103 Å². The summed E-state index contributed by atoms with van der Waals surface area (Å²) in [6, 6.07) is -0.541. The van der Waals surface area contributed by atoms with Crippen molar-refractivity contribution in [3.63, 3.8) is 0 Å². The second-order valence-corrected chi connectivity index (χ2v) is 11.5. The maximum Gasteiger partial charge on any atom is 0.325 e. The molecule has 15 nitrogen and oxygen atoms in total. The van der Waals surface area contributed by atoms with Gasteiger partial charge in [0.25, 0.3) is 0 Å². The lowest BCUT2D eigenvalue weighted by Crippen LogP contribution is -2.58. The number of hydrogen-bond acceptors (Lipinski definition) is 9. The molecule has 0 heterocycles. The largest absolute Gasteiger partial charge is 0.508 e. The van der Waals surface area contributed by atoms with Crippen LogP contribution in [-0.2, 0) is 35.2 Å². The quantitative estimate of drug-likeness (QED) is 0.0838. The predicted octanol–water partition coefficient (Wildman–Crippen LogP) is -0.995. The zero-order valence-electron chi connectivity index (χ0n) is 26.6. The van der Waals surface area contributed by atoms with Crippen molar-refractivity contribution in [2.24, 2.45) is 17.4 Å². The number of carbonyl (C=O) groups excluding carboxylic acids is 5. The summed E-state index contributed by atoms with van der Waals surface area (Å²) < 4.78 is 0. The maximum atomic E-state index is 13.4. The molecule has 0 aliphatic heterocycles. The molecular formula is C30H49N7O8. The number of rotatable bonds is 19. The Labute approximate surface area is 263 Å². The van der Waals surface area contributed by atoms with Crippen LogP contribution in [0.1, 0.15) is 65.9 Å². The van der Waals surface area contributed by atoms with Gasteiger partial charge in [0, 0.05) is 6.42 Å². The standard InChI is InChI=1S/C30H49N7O8/c1-16(2)14-22(32)27(41)34-17(3)25(39)33-18(4)26(40)36-23(8-6-7-13-31)28(42)37-24(29(43)35-19(5)30(44)45)15-20-9-11-21(38)12-10-20/h9-12,16-19,22-24,38H,6-8,13-15,31-32H2,1-5H3,(H,33,39)(H,34,41)(H,35,43)(H,36,40)(H,37,42)(H,44,45)/t17-,18-,19-,22-,23-,24-/m0/s1. The Balaban J connectivity index is 3.01. The molecule has 0 bridgehead atoms. The van der Waals surface area contributed by atoms with Gasteiger partial charge in [0.1, 0.15) is 36.0 Å². The van der Waals surface area contributed by atoms with E-state index in [0.717, 1.165) is 0 Å². The molecule has 252 valence electrons. The number of carboxylic acids is 1. The van der Waals surface area contributed by atoms with E-state index in [-0.39, 0.29) is 24.5 Å². The highest BCUT2D eigenvalue weighted by Gasteiger charge is 2.30. The third kappa shape index (κ3) is 14.4. The van der Waals surface area contributed by atoms with E-state index in [1.165, 1.54) is 32.9 Å². The Hall–Kier alpha value is -4.24. The number of nitrogens with two attached hydrogens (primary N) is 2. The summed E-state index contributed by atoms with van der Waals surface area (Å²) in [4.78, 5) is 75.8. The summed E-state index contributed by atoms with van der Waals surface area (Å²) in [6.07, 6.45) is 1.57. The first-order valence-corrected chi connectivity index (χ1v) is 15.0. The number of amides is 5. The minimum absolute atomic E-state index is 0.00125. The number of carboxylic acid groups (broad SMARTS) is 1. The first-order valence-electron chi connectivity index (χ1n) is 15.0. The molecule has 0 saturated carbocycles. The van der Waals surface area contributed by atoms with Crippen LogP contribution in [0.3, 0.4) is 0 Å². The van der Waals surface area contributed by atoms with Crippen LogP contribution in [0.15, 0.2) is 24.3 Å². The Bertz CT molecular complexity index is 1160. The van der Waals surface area contributed by atoms with Crippen LogP contribution in [0.5, 0.6) is 5.75 Å². The van der Waals surface area contributed by atoms with Crippen LogP contribution in [-0.4, -0.2) is 88.5 Å². The van der Waals surface area contributed by atoms with Gasteiger partial charge in [0.2, 0.25) is 29.5 Å². The molecule has 5 amide bonds. The zero-order valence-corrected chi connectivity index (χ0v) is 26.6. The normalized spacial score (nSPS) is 15.0. The lowest BCUT2D eigenvalue weighted by molar-refractivity contribution is -0.141. The fourth-order valence-electron chi connectivity index (χ4n) is 4.19. The number of phenols is 1. The van der Waals surface area contributed by atoms with Gasteiger partial charge in [-0.2, -0.15) is 0 Å². The average molecular weight is 636 g/mol. The summed E-state index contributed by atoms with van der Waals surface area (Å²) in [5, 5.41) is 31.4. The minimum atomic E-state index is -1.27. The fraction of sp³-hybridized carbons (Fsp3) is 0.600. The van der Waals surface area contributed by atoms with E-state index in [9.17, 15) is 39.0 Å². The Morgan fingerprint density at radius 2 is 1.18 bits per heavy atom. The number of aromatic hydroxyl groups is 1. The van der Waals surface area contributed by atoms with E-state index in [2.05, 4.69) is 26.6 Å². The van der Waals surface area contributed by atoms with Crippen molar-refractivity contribution in [1.82, 2.24) is 26.6 Å². The van der Waals surface area contributed by atoms with Crippen LogP contribution in [0.25, 0.3) is 0 Å². The number of unbranched alkanes of at least 4 members (excludes halogenated alkanes) is 1. The molecule has 0 aromatic heterocycles. The lowest BCUT2D eigenvalue weighted by atomic mass is 10.0. The first kappa shape index (κ1) is 38.8. The average Bonchev–Trinajstić information content (AvgIpc) is 2.96. The Morgan fingerprint density at radius 3 is 1.71 bits per heavy atom. The highest BCUT2D eigenvalue weighted by atomic mass is 16.4. The summed E-state index contributed by atoms with van der Waals surface area (Å²) in [5.74, 6) is -4.38. The second-order valence-electron chi connectivity index (χ2n) is 11.5. The molecule has 0 aliphatic rings. The van der Waals surface area contributed by atoms with Crippen LogP contribution in [0.2, 0.25) is 0 Å². The van der Waals surface area contributed by atoms with E-state index in [0.29, 0.717) is 31.4 Å². The highest BCUT2D eigenvalue weighted by Crippen LogP contribution is 2.12. The van der Waals surface area contributed by atoms with Gasteiger partial charge in [-0.15, -0.1) is 0 Å². The zero-order chi connectivity index (χ0) is 34.3. The summed E-state index contributed by atoms with van der Waals surface area (Å²) in [5.41, 5.74) is 12.0. The van der Waals surface area contributed by atoms with Crippen molar-refractivity contribution >= 4 is 35.5 Å². The van der Waals surface area contributed by atoms with Gasteiger partial charge in [-0.25, -0.2) is 0 Å². The SMILES string of the molecule is CC(C)C[C@H](N)C(=O)N[C@@H](C)C(=O)N[C@@H](C)C(=O)N[C@@H](CCCCN)C(=O)N[C@@H](Cc1ccc(O)cc1)C(=O)N[C@@H](C)C(=O)O. The molecule has 1 rings (SSSR count). The molecule has 0 unspecified atom stereocenters. The Kier molecular flexibility index (Phi) is 16.6. The number of carbonyl (C=O) groups is 6. The molecule has 15 heteroatoms. The summed E-state index contributed by atoms with van der Waals surface area (Å²) in [6.45, 7) is 8.31. The third-order valence-electron chi connectivity index (χ3n) is 6.88. The number of nitrogens with one attached hydrogen (secondary N) is 5. The first-order chi connectivity index (χ1) is 21.0. The van der Waals surface area contributed by atoms with Gasteiger partial charge in [0.05, 0.1) is 6.04 Å². The topological polar surface area (TPSA) is 255 Å². The summed E-state index contributed by atoms with van der Waals surface area (Å²) in [7, 11) is 0. The number of phenolic OH excluding ortho intramolecular Hbond substituents is 1. The number of aliphatic carboxylic acids is 1. The van der Waals surface area contributed by atoms with E-state index < -0.39 is 71.8 Å². The monoisotopic (exact) mass is 635 g/mol. The molecule has 1 aromatic carbocycles. The van der Waals surface area contributed by atoms with Crippen molar-refractivity contribution < 1.29 is 39.0 Å². The van der Waals surface area contributed by atoms with Crippen molar-refractivity contribution in [3.05, 3.63) is 29.8 Å². The second kappa shape index (κ2) is 19.2. The molecular weight excluding hydrogens is 586 g/mol. The molecule has 0 spiro atoms. The van der Waals surface area contributed by atoms with Crippen molar-refractivity contribution in [2.75, 3.05) is 6.54 Å². The molecule has 6 atom stereocenters. The van der Waals surface area contributed by atoms with Gasteiger partial charge in [0.15, 0.2) is 0 Å². The summed E-state index contributed by atoms with van der Waals surface area (Å²) >= 11 is 0. The molecule has 0 fully saturated rings. The lowest BCUT2D eigenvalue weighted by Gasteiger charge is -2.25. The van der Waals surface area contributed by atoms with Crippen LogP contribution >= 0.6 is 0 Å². The van der Waals surface area contributed by atoms with Crippen molar-refractivity contribution in [1.29, 1.82) is 0 Å². The number of benzene rings is 1. The van der Waals surface area contributed by atoms with Gasteiger partial charge < -0.3 is 48.3 Å². The highest BCUT2D eigenvalue weighted by molar-refractivity contribution is 5.96. The van der Waals surface area contributed by atoms with Gasteiger partial charge in [-0.05, 0) is 76.6 Å². The molecule has 0 saturated heterocycles.